The molecule has 6 nitrogen and oxygen atoms in total. The number of benzene rings is 1. The molecule has 104 valence electrons. The number of nitrogens with zero attached hydrogens (tertiary/aromatic N) is 2. The minimum Gasteiger partial charge on any atom is -0.464 e. The molecule has 0 aliphatic heterocycles. The molecule has 0 saturated carbocycles. The quantitative estimate of drug-likeness (QED) is 0.802. The van der Waals surface area contributed by atoms with Crippen LogP contribution >= 0.6 is 15.9 Å². The zero-order chi connectivity index (χ0) is 14.7. The van der Waals surface area contributed by atoms with E-state index in [-0.39, 0.29) is 11.6 Å². The predicted molar refractivity (Wildman–Crippen MR) is 73.6 cm³/mol. The van der Waals surface area contributed by atoms with Crippen LogP contribution in [0.3, 0.4) is 0 Å². The van der Waals surface area contributed by atoms with E-state index < -0.39 is 11.9 Å². The highest BCUT2D eigenvalue weighted by molar-refractivity contribution is 9.10. The smallest absolute Gasteiger partial charge is 0.358 e. The van der Waals surface area contributed by atoms with E-state index in [1.807, 2.05) is 0 Å². The molecule has 0 bridgehead atoms. The number of aromatic nitrogens is 2. The maximum atomic E-state index is 11.9. The average Bonchev–Trinajstić information content (AvgIpc) is 2.80. The number of rotatable bonds is 3. The van der Waals surface area contributed by atoms with Gasteiger partial charge in [0.1, 0.15) is 0 Å². The second-order valence-electron chi connectivity index (χ2n) is 3.88. The van der Waals surface area contributed by atoms with Gasteiger partial charge in [-0.2, -0.15) is 5.10 Å². The third-order valence-electron chi connectivity index (χ3n) is 2.51. The molecule has 0 spiro atoms. The van der Waals surface area contributed by atoms with Crippen LogP contribution in [-0.4, -0.2) is 28.8 Å². The summed E-state index contributed by atoms with van der Waals surface area (Å²) in [5.41, 5.74) is 0.475. The lowest BCUT2D eigenvalue weighted by Gasteiger charge is -2.03. The number of methoxy groups -OCH3 is 1. The number of hydrogen-bond donors (Lipinski definition) is 0. The monoisotopic (exact) mass is 338 g/mol. The van der Waals surface area contributed by atoms with E-state index >= 15 is 0 Å². The fourth-order valence-electron chi connectivity index (χ4n) is 1.49. The van der Waals surface area contributed by atoms with Crippen molar-refractivity contribution in [2.75, 3.05) is 7.11 Å². The van der Waals surface area contributed by atoms with Gasteiger partial charge in [-0.15, -0.1) is 0 Å². The van der Waals surface area contributed by atoms with Gasteiger partial charge < -0.3 is 9.47 Å². The summed E-state index contributed by atoms with van der Waals surface area (Å²) in [5.74, 6) is -0.957. The van der Waals surface area contributed by atoms with E-state index in [0.717, 1.165) is 4.47 Å². The number of hydrogen-bond acceptors (Lipinski definition) is 5. The number of carbonyl (C=O) groups excluding carboxylic acids is 2. The van der Waals surface area contributed by atoms with Gasteiger partial charge in [0, 0.05) is 17.6 Å². The molecule has 0 fully saturated rings. The Morgan fingerprint density at radius 1 is 1.20 bits per heavy atom. The van der Waals surface area contributed by atoms with Crippen LogP contribution in [0.5, 0.6) is 5.88 Å². The zero-order valence-corrected chi connectivity index (χ0v) is 12.4. The lowest BCUT2D eigenvalue weighted by atomic mass is 10.2. The Labute approximate surface area is 123 Å². The van der Waals surface area contributed by atoms with Crippen molar-refractivity contribution in [2.45, 2.75) is 0 Å². The number of ether oxygens (including phenoxy) is 2. The Morgan fingerprint density at radius 2 is 1.85 bits per heavy atom. The van der Waals surface area contributed by atoms with Crippen LogP contribution in [0.4, 0.5) is 0 Å². The lowest BCUT2D eigenvalue weighted by molar-refractivity contribution is 0.0592. The first-order valence-electron chi connectivity index (χ1n) is 5.61. The first-order valence-corrected chi connectivity index (χ1v) is 6.40. The molecule has 1 aromatic heterocycles. The largest absolute Gasteiger partial charge is 0.464 e. The van der Waals surface area contributed by atoms with Gasteiger partial charge in [0.05, 0.1) is 12.7 Å². The fraction of sp³-hybridized carbons (Fsp3) is 0.154. The van der Waals surface area contributed by atoms with Crippen molar-refractivity contribution in [2.24, 2.45) is 7.05 Å². The molecule has 1 heterocycles. The second kappa shape index (κ2) is 5.87. The van der Waals surface area contributed by atoms with Crippen molar-refractivity contribution in [3.8, 4) is 5.88 Å². The minimum atomic E-state index is -0.591. The molecule has 0 unspecified atom stereocenters. The molecule has 7 heteroatoms. The Hall–Kier alpha value is -2.15. The summed E-state index contributed by atoms with van der Waals surface area (Å²) in [7, 11) is 2.82. The van der Waals surface area contributed by atoms with Crippen LogP contribution in [0.15, 0.2) is 34.8 Å². The highest BCUT2D eigenvalue weighted by Gasteiger charge is 2.17. The van der Waals surface area contributed by atoms with E-state index in [1.165, 1.54) is 17.9 Å². The molecule has 20 heavy (non-hydrogen) atoms. The standard InChI is InChI=1S/C13H11BrN2O4/c1-16-11(7-10(15-16)13(18)19-2)20-12(17)8-3-5-9(14)6-4-8/h3-7H,1-2H3. The van der Waals surface area contributed by atoms with Crippen molar-refractivity contribution >= 4 is 27.9 Å². The molecule has 2 aromatic rings. The van der Waals surface area contributed by atoms with Crippen LogP contribution in [-0.2, 0) is 11.8 Å². The molecular weight excluding hydrogens is 328 g/mol. The van der Waals surface area contributed by atoms with Crippen molar-refractivity contribution in [3.05, 3.63) is 46.1 Å². The van der Waals surface area contributed by atoms with Crippen molar-refractivity contribution < 1.29 is 19.1 Å². The summed E-state index contributed by atoms with van der Waals surface area (Å²) in [6.45, 7) is 0. The summed E-state index contributed by atoms with van der Waals surface area (Å²) < 4.78 is 11.9. The summed E-state index contributed by atoms with van der Waals surface area (Å²) in [4.78, 5) is 23.3. The molecule has 0 aliphatic rings. The molecule has 0 radical (unpaired) electrons. The zero-order valence-electron chi connectivity index (χ0n) is 10.8. The molecule has 2 rings (SSSR count). The summed E-state index contributed by atoms with van der Waals surface area (Å²) in [6.07, 6.45) is 0. The molecule has 0 amide bonds. The Morgan fingerprint density at radius 3 is 2.45 bits per heavy atom. The van der Waals surface area contributed by atoms with E-state index in [0.29, 0.717) is 5.56 Å². The van der Waals surface area contributed by atoms with Crippen molar-refractivity contribution in [1.29, 1.82) is 0 Å². The number of carbonyl (C=O) groups is 2. The van der Waals surface area contributed by atoms with Crippen LogP contribution in [0.1, 0.15) is 20.8 Å². The third-order valence-corrected chi connectivity index (χ3v) is 3.04. The maximum absolute atomic E-state index is 11.9. The van der Waals surface area contributed by atoms with Gasteiger partial charge in [-0.25, -0.2) is 14.3 Å². The van der Waals surface area contributed by atoms with Gasteiger partial charge in [-0.05, 0) is 24.3 Å². The van der Waals surface area contributed by atoms with Crippen LogP contribution in [0.25, 0.3) is 0 Å². The van der Waals surface area contributed by atoms with Gasteiger partial charge >= 0.3 is 11.9 Å². The van der Waals surface area contributed by atoms with Crippen LogP contribution in [0, 0.1) is 0 Å². The Bertz CT molecular complexity index is 649. The minimum absolute atomic E-state index is 0.0774. The van der Waals surface area contributed by atoms with E-state index in [2.05, 4.69) is 25.8 Å². The Balaban J connectivity index is 2.17. The summed E-state index contributed by atoms with van der Waals surface area (Å²) in [6, 6.07) is 8.08. The van der Waals surface area contributed by atoms with Gasteiger partial charge in [-0.1, -0.05) is 15.9 Å². The SMILES string of the molecule is COC(=O)c1cc(OC(=O)c2ccc(Br)cc2)n(C)n1. The third kappa shape index (κ3) is 3.05. The molecule has 1 aromatic carbocycles. The van der Waals surface area contributed by atoms with E-state index in [1.54, 1.807) is 31.3 Å². The van der Waals surface area contributed by atoms with E-state index in [9.17, 15) is 9.59 Å². The number of esters is 2. The molecular formula is C13H11BrN2O4. The van der Waals surface area contributed by atoms with Crippen LogP contribution < -0.4 is 4.74 Å². The highest BCUT2D eigenvalue weighted by Crippen LogP contribution is 2.16. The van der Waals surface area contributed by atoms with Gasteiger partial charge in [0.25, 0.3) is 0 Å². The molecule has 0 aliphatic carbocycles. The van der Waals surface area contributed by atoms with Crippen molar-refractivity contribution in [3.63, 3.8) is 0 Å². The van der Waals surface area contributed by atoms with E-state index in [4.69, 9.17) is 4.74 Å². The normalized spacial score (nSPS) is 10.2. The summed E-state index contributed by atoms with van der Waals surface area (Å²) in [5, 5.41) is 3.90. The van der Waals surface area contributed by atoms with Gasteiger partial charge in [0.2, 0.25) is 5.88 Å². The van der Waals surface area contributed by atoms with Gasteiger partial charge in [0.15, 0.2) is 5.69 Å². The maximum Gasteiger partial charge on any atom is 0.358 e. The first-order chi connectivity index (χ1) is 9.51. The molecule has 0 saturated heterocycles. The first kappa shape index (κ1) is 14.3. The molecule has 0 atom stereocenters. The van der Waals surface area contributed by atoms with Crippen LogP contribution in [0.2, 0.25) is 0 Å². The predicted octanol–water partition coefficient (Wildman–Crippen LogP) is 2.19. The summed E-state index contributed by atoms with van der Waals surface area (Å²) >= 11 is 3.28. The average molecular weight is 339 g/mol. The topological polar surface area (TPSA) is 70.4 Å². The highest BCUT2D eigenvalue weighted by atomic mass is 79.9. The molecule has 0 N–H and O–H groups in total. The van der Waals surface area contributed by atoms with Crippen molar-refractivity contribution in [1.82, 2.24) is 9.78 Å². The number of aryl methyl sites for hydroxylation is 1. The number of halogens is 1. The van der Waals surface area contributed by atoms with Gasteiger partial charge in [-0.3, -0.25) is 0 Å². The lowest BCUT2D eigenvalue weighted by Crippen LogP contribution is -2.10. The second-order valence-corrected chi connectivity index (χ2v) is 4.80. The Kier molecular flexibility index (Phi) is 4.19. The fourth-order valence-corrected chi connectivity index (χ4v) is 1.75.